The molecule has 1 heterocycles. The van der Waals surface area contributed by atoms with Gasteiger partial charge >= 0.3 is 6.03 Å². The van der Waals surface area contributed by atoms with E-state index >= 15 is 0 Å². The van der Waals surface area contributed by atoms with Gasteiger partial charge in [-0.3, -0.25) is 0 Å². The van der Waals surface area contributed by atoms with E-state index in [1.807, 2.05) is 35.2 Å². The minimum atomic E-state index is 0.00736. The Morgan fingerprint density at radius 2 is 2.11 bits per heavy atom. The molecule has 0 aliphatic carbocycles. The maximum Gasteiger partial charge on any atom is 0.318 e. The fraction of sp³-hybridized carbons (Fsp3) is 0.533. The van der Waals surface area contributed by atoms with Gasteiger partial charge in [0.05, 0.1) is 12.6 Å². The molecule has 19 heavy (non-hydrogen) atoms. The van der Waals surface area contributed by atoms with Crippen LogP contribution < -0.4 is 5.32 Å². The SMILES string of the molecule is CCCCOCCN1CC(c2ccccc2)NC1=O. The van der Waals surface area contributed by atoms with Crippen LogP contribution in [0.1, 0.15) is 31.4 Å². The van der Waals surface area contributed by atoms with Gasteiger partial charge in [-0.25, -0.2) is 4.79 Å². The second kappa shape index (κ2) is 7.14. The molecule has 1 unspecified atom stereocenters. The largest absolute Gasteiger partial charge is 0.380 e. The molecule has 1 aliphatic rings. The Morgan fingerprint density at radius 1 is 1.32 bits per heavy atom. The molecule has 104 valence electrons. The van der Waals surface area contributed by atoms with Crippen LogP contribution in [0.5, 0.6) is 0 Å². The molecule has 4 heteroatoms. The monoisotopic (exact) mass is 262 g/mol. The normalized spacial score (nSPS) is 18.7. The van der Waals surface area contributed by atoms with Crippen molar-refractivity contribution in [3.63, 3.8) is 0 Å². The minimum Gasteiger partial charge on any atom is -0.380 e. The smallest absolute Gasteiger partial charge is 0.318 e. The number of benzene rings is 1. The second-order valence-electron chi connectivity index (χ2n) is 4.82. The van der Waals surface area contributed by atoms with E-state index in [1.165, 1.54) is 0 Å². The van der Waals surface area contributed by atoms with Crippen LogP contribution in [-0.2, 0) is 4.74 Å². The van der Waals surface area contributed by atoms with E-state index in [1.54, 1.807) is 0 Å². The lowest BCUT2D eigenvalue weighted by Gasteiger charge is -2.14. The fourth-order valence-electron chi connectivity index (χ4n) is 2.18. The molecule has 1 aromatic rings. The van der Waals surface area contributed by atoms with Crippen LogP contribution in [0, 0.1) is 0 Å². The number of unbranched alkanes of at least 4 members (excludes halogenated alkanes) is 1. The van der Waals surface area contributed by atoms with Gasteiger partial charge in [-0.2, -0.15) is 0 Å². The average Bonchev–Trinajstić information content (AvgIpc) is 2.81. The molecular weight excluding hydrogens is 240 g/mol. The van der Waals surface area contributed by atoms with Crippen molar-refractivity contribution in [1.82, 2.24) is 10.2 Å². The minimum absolute atomic E-state index is 0.00736. The summed E-state index contributed by atoms with van der Waals surface area (Å²) in [7, 11) is 0. The molecule has 1 saturated heterocycles. The summed E-state index contributed by atoms with van der Waals surface area (Å²) in [6.07, 6.45) is 2.22. The predicted octanol–water partition coefficient (Wildman–Crippen LogP) is 2.57. The van der Waals surface area contributed by atoms with Crippen LogP contribution in [0.4, 0.5) is 4.79 Å². The fourth-order valence-corrected chi connectivity index (χ4v) is 2.18. The molecule has 1 aliphatic heterocycles. The van der Waals surface area contributed by atoms with Crippen molar-refractivity contribution in [1.29, 1.82) is 0 Å². The summed E-state index contributed by atoms with van der Waals surface area (Å²) < 4.78 is 5.50. The van der Waals surface area contributed by atoms with Crippen LogP contribution in [0.25, 0.3) is 0 Å². The molecule has 1 fully saturated rings. The topological polar surface area (TPSA) is 41.6 Å². The highest BCUT2D eigenvalue weighted by atomic mass is 16.5. The highest BCUT2D eigenvalue weighted by Gasteiger charge is 2.28. The summed E-state index contributed by atoms with van der Waals surface area (Å²) in [4.78, 5) is 13.7. The molecule has 1 aromatic carbocycles. The quantitative estimate of drug-likeness (QED) is 0.767. The zero-order valence-electron chi connectivity index (χ0n) is 11.5. The van der Waals surface area contributed by atoms with E-state index in [-0.39, 0.29) is 12.1 Å². The molecule has 1 atom stereocenters. The van der Waals surface area contributed by atoms with Gasteiger partial charge in [0, 0.05) is 19.7 Å². The first-order valence-corrected chi connectivity index (χ1v) is 6.99. The van der Waals surface area contributed by atoms with Gasteiger partial charge in [0.1, 0.15) is 0 Å². The van der Waals surface area contributed by atoms with Gasteiger partial charge in [-0.15, -0.1) is 0 Å². The van der Waals surface area contributed by atoms with Crippen LogP contribution >= 0.6 is 0 Å². The van der Waals surface area contributed by atoms with Crippen LogP contribution in [0.2, 0.25) is 0 Å². The van der Waals surface area contributed by atoms with Crippen molar-refractivity contribution in [3.8, 4) is 0 Å². The van der Waals surface area contributed by atoms with E-state index in [0.717, 1.165) is 31.6 Å². The molecule has 2 rings (SSSR count). The Morgan fingerprint density at radius 3 is 2.84 bits per heavy atom. The highest BCUT2D eigenvalue weighted by molar-refractivity contribution is 5.77. The van der Waals surface area contributed by atoms with Crippen molar-refractivity contribution in [2.75, 3.05) is 26.3 Å². The summed E-state index contributed by atoms with van der Waals surface area (Å²) in [5.74, 6) is 0. The second-order valence-corrected chi connectivity index (χ2v) is 4.82. The number of hydrogen-bond acceptors (Lipinski definition) is 2. The molecule has 0 spiro atoms. The average molecular weight is 262 g/mol. The van der Waals surface area contributed by atoms with Crippen LogP contribution in [0.3, 0.4) is 0 Å². The molecule has 4 nitrogen and oxygen atoms in total. The number of nitrogens with zero attached hydrogens (tertiary/aromatic N) is 1. The Labute approximate surface area is 114 Å². The first kappa shape index (κ1) is 13.9. The van der Waals surface area contributed by atoms with Gasteiger partial charge in [-0.1, -0.05) is 43.7 Å². The third-order valence-corrected chi connectivity index (χ3v) is 3.34. The molecule has 0 aromatic heterocycles. The zero-order valence-corrected chi connectivity index (χ0v) is 11.5. The highest BCUT2D eigenvalue weighted by Crippen LogP contribution is 2.19. The number of hydrogen-bond donors (Lipinski definition) is 1. The standard InChI is InChI=1S/C15H22N2O2/c1-2-3-10-19-11-9-17-12-14(16-15(17)18)13-7-5-4-6-8-13/h4-8,14H,2-3,9-12H2,1H3,(H,16,18). The Hall–Kier alpha value is -1.55. The Kier molecular flexibility index (Phi) is 5.21. The van der Waals surface area contributed by atoms with E-state index < -0.39 is 0 Å². The van der Waals surface area contributed by atoms with Crippen molar-refractivity contribution in [2.45, 2.75) is 25.8 Å². The van der Waals surface area contributed by atoms with Gasteiger partial charge in [0.25, 0.3) is 0 Å². The predicted molar refractivity (Wildman–Crippen MR) is 75.0 cm³/mol. The summed E-state index contributed by atoms with van der Waals surface area (Å²) in [5.41, 5.74) is 1.16. The van der Waals surface area contributed by atoms with Gasteiger partial charge in [0.2, 0.25) is 0 Å². The molecule has 1 N–H and O–H groups in total. The number of rotatable bonds is 7. The van der Waals surface area contributed by atoms with E-state index in [9.17, 15) is 4.79 Å². The lowest BCUT2D eigenvalue weighted by molar-refractivity contribution is 0.113. The Bertz CT molecular complexity index is 394. The maximum absolute atomic E-state index is 11.8. The van der Waals surface area contributed by atoms with Crippen molar-refractivity contribution in [3.05, 3.63) is 35.9 Å². The van der Waals surface area contributed by atoms with E-state index in [2.05, 4.69) is 12.2 Å². The first-order valence-electron chi connectivity index (χ1n) is 6.99. The Balaban J connectivity index is 1.76. The first-order chi connectivity index (χ1) is 9.31. The molecular formula is C15H22N2O2. The van der Waals surface area contributed by atoms with Gasteiger partial charge in [0.15, 0.2) is 0 Å². The van der Waals surface area contributed by atoms with E-state index in [4.69, 9.17) is 4.74 Å². The van der Waals surface area contributed by atoms with Crippen LogP contribution in [0.15, 0.2) is 30.3 Å². The molecule has 0 radical (unpaired) electrons. The lowest BCUT2D eigenvalue weighted by atomic mass is 10.1. The van der Waals surface area contributed by atoms with Crippen molar-refractivity contribution < 1.29 is 9.53 Å². The zero-order chi connectivity index (χ0) is 13.5. The summed E-state index contributed by atoms with van der Waals surface area (Å²) in [6, 6.07) is 10.2. The number of urea groups is 1. The third kappa shape index (κ3) is 3.96. The summed E-state index contributed by atoms with van der Waals surface area (Å²) >= 11 is 0. The number of carbonyl (C=O) groups excluding carboxylic acids is 1. The van der Waals surface area contributed by atoms with Gasteiger partial charge in [-0.05, 0) is 12.0 Å². The van der Waals surface area contributed by atoms with E-state index in [0.29, 0.717) is 13.2 Å². The maximum atomic E-state index is 11.8. The summed E-state index contributed by atoms with van der Waals surface area (Å²) in [6.45, 7) is 4.93. The molecule has 0 saturated carbocycles. The van der Waals surface area contributed by atoms with Crippen molar-refractivity contribution >= 4 is 6.03 Å². The van der Waals surface area contributed by atoms with Crippen LogP contribution in [-0.4, -0.2) is 37.2 Å². The number of nitrogens with one attached hydrogen (secondary N) is 1. The third-order valence-electron chi connectivity index (χ3n) is 3.34. The number of amides is 2. The molecule has 0 bridgehead atoms. The molecule has 2 amide bonds. The number of ether oxygens (including phenoxy) is 1. The van der Waals surface area contributed by atoms with Crippen molar-refractivity contribution in [2.24, 2.45) is 0 Å². The summed E-state index contributed by atoms with van der Waals surface area (Å²) in [5, 5.41) is 3.00. The number of carbonyl (C=O) groups is 1. The lowest BCUT2D eigenvalue weighted by Crippen LogP contribution is -2.31. The van der Waals surface area contributed by atoms with Gasteiger partial charge < -0.3 is 15.0 Å².